The van der Waals surface area contributed by atoms with Crippen LogP contribution in [-0.2, 0) is 28.5 Å². The predicted molar refractivity (Wildman–Crippen MR) is 140 cm³/mol. The zero-order chi connectivity index (χ0) is 25.4. The molecule has 182 valence electrons. The summed E-state index contributed by atoms with van der Waals surface area (Å²) in [5.41, 5.74) is 4.62. The van der Waals surface area contributed by atoms with Crippen LogP contribution in [0.1, 0.15) is 48.6 Å². The number of hydrogen-bond acceptors (Lipinski definition) is 4. The van der Waals surface area contributed by atoms with Gasteiger partial charge >= 0.3 is 0 Å². The Hall–Kier alpha value is -3.29. The fourth-order valence-electron chi connectivity index (χ4n) is 4.22. The van der Waals surface area contributed by atoms with Crippen LogP contribution < -0.4 is 5.56 Å². The third-order valence-electron chi connectivity index (χ3n) is 6.18. The van der Waals surface area contributed by atoms with Crippen LogP contribution in [0, 0.1) is 13.8 Å². The maximum absolute atomic E-state index is 13.8. The van der Waals surface area contributed by atoms with Crippen molar-refractivity contribution in [2.45, 2.75) is 58.0 Å². The lowest BCUT2D eigenvalue weighted by Crippen LogP contribution is -2.32. The molecule has 35 heavy (non-hydrogen) atoms. The number of hydrogen-bond donors (Lipinski definition) is 1. The molecule has 0 amide bonds. The van der Waals surface area contributed by atoms with Crippen molar-refractivity contribution < 1.29 is 8.42 Å². The quantitative estimate of drug-likeness (QED) is 0.402. The molecule has 0 aliphatic rings. The van der Waals surface area contributed by atoms with Gasteiger partial charge < -0.3 is 4.98 Å². The molecule has 0 saturated carbocycles. The molecular weight excluding hydrogens is 458 g/mol. The van der Waals surface area contributed by atoms with E-state index < -0.39 is 10.0 Å². The van der Waals surface area contributed by atoms with Crippen molar-refractivity contribution in [1.82, 2.24) is 14.3 Å². The number of aromatic amines is 1. The minimum atomic E-state index is -3.89. The van der Waals surface area contributed by atoms with Crippen LogP contribution in [0.2, 0.25) is 0 Å². The molecular formula is C28H31N3O3S. The summed E-state index contributed by atoms with van der Waals surface area (Å²) in [4.78, 5) is 20.2. The minimum absolute atomic E-state index is 0.0587. The molecule has 1 N–H and O–H groups in total. The van der Waals surface area contributed by atoms with Crippen LogP contribution in [0.25, 0.3) is 10.9 Å². The van der Waals surface area contributed by atoms with Gasteiger partial charge in [0.25, 0.3) is 5.56 Å². The number of nitrogens with zero attached hydrogens (tertiary/aromatic N) is 2. The Morgan fingerprint density at radius 2 is 1.69 bits per heavy atom. The van der Waals surface area contributed by atoms with E-state index in [4.69, 9.17) is 0 Å². The number of benzene rings is 2. The zero-order valence-electron chi connectivity index (χ0n) is 20.8. The highest BCUT2D eigenvalue weighted by Gasteiger charge is 2.27. The largest absolute Gasteiger partial charge is 0.322 e. The number of aromatic nitrogens is 2. The van der Waals surface area contributed by atoms with E-state index in [-0.39, 0.29) is 29.0 Å². The summed E-state index contributed by atoms with van der Waals surface area (Å²) >= 11 is 0. The van der Waals surface area contributed by atoms with Crippen molar-refractivity contribution in [2.75, 3.05) is 0 Å². The molecule has 0 fully saturated rings. The summed E-state index contributed by atoms with van der Waals surface area (Å²) in [7, 11) is -3.89. The van der Waals surface area contributed by atoms with Gasteiger partial charge in [-0.05, 0) is 71.8 Å². The van der Waals surface area contributed by atoms with Crippen molar-refractivity contribution in [1.29, 1.82) is 0 Å². The smallest absolute Gasteiger partial charge is 0.252 e. The van der Waals surface area contributed by atoms with Gasteiger partial charge in [-0.3, -0.25) is 9.78 Å². The molecule has 0 atom stereocenters. The summed E-state index contributed by atoms with van der Waals surface area (Å²) in [6.45, 7) is 10.3. The third-order valence-corrected chi connectivity index (χ3v) is 7.98. The molecule has 0 unspecified atom stereocenters. The van der Waals surface area contributed by atoms with Gasteiger partial charge in [-0.25, -0.2) is 8.42 Å². The average Bonchev–Trinajstić information content (AvgIpc) is 2.79. The molecule has 4 aromatic rings. The number of rotatable bonds is 6. The van der Waals surface area contributed by atoms with Gasteiger partial charge in [0.1, 0.15) is 0 Å². The van der Waals surface area contributed by atoms with Crippen LogP contribution in [0.3, 0.4) is 0 Å². The molecule has 0 spiro atoms. The number of fused-ring (bicyclic) bond motifs is 1. The molecule has 6 nitrogen and oxygen atoms in total. The first-order valence-electron chi connectivity index (χ1n) is 11.6. The van der Waals surface area contributed by atoms with Gasteiger partial charge in [-0.2, -0.15) is 4.31 Å². The molecule has 7 heteroatoms. The fraction of sp³-hybridized carbons (Fsp3) is 0.286. The van der Waals surface area contributed by atoms with E-state index in [9.17, 15) is 13.2 Å². The number of nitrogens with one attached hydrogen (secondary N) is 1. The Kier molecular flexibility index (Phi) is 6.66. The molecule has 4 rings (SSSR count). The Morgan fingerprint density at radius 1 is 0.971 bits per heavy atom. The normalized spacial score (nSPS) is 12.4. The summed E-state index contributed by atoms with van der Waals surface area (Å²) < 4.78 is 28.9. The second-order valence-corrected chi connectivity index (χ2v) is 12.0. The maximum atomic E-state index is 13.8. The number of pyridine rings is 2. The third kappa shape index (κ3) is 5.36. The van der Waals surface area contributed by atoms with E-state index >= 15 is 0 Å². The number of aryl methyl sites for hydroxylation is 2. The van der Waals surface area contributed by atoms with Crippen LogP contribution >= 0.6 is 0 Å². The van der Waals surface area contributed by atoms with Gasteiger partial charge in [0, 0.05) is 41.9 Å². The fourth-order valence-corrected chi connectivity index (χ4v) is 5.63. The lowest BCUT2D eigenvalue weighted by molar-refractivity contribution is 0.399. The van der Waals surface area contributed by atoms with Gasteiger partial charge in [-0.15, -0.1) is 0 Å². The molecule has 0 aliphatic heterocycles. The van der Waals surface area contributed by atoms with Crippen molar-refractivity contribution in [3.05, 3.63) is 105 Å². The Morgan fingerprint density at radius 3 is 2.31 bits per heavy atom. The van der Waals surface area contributed by atoms with E-state index in [1.165, 1.54) is 4.31 Å². The second kappa shape index (κ2) is 9.40. The standard InChI is InChI=1S/C28H31N3O3S/c1-19-13-20(2)25-15-22(27(32)30-26(25)14-19)18-31(17-21-7-6-12-29-16-21)35(33,34)24-10-8-23(9-11-24)28(3,4)5/h6-16H,17-18H2,1-5H3,(H,30,32). The highest BCUT2D eigenvalue weighted by Crippen LogP contribution is 2.26. The summed E-state index contributed by atoms with van der Waals surface area (Å²) in [5.74, 6) is 0. The topological polar surface area (TPSA) is 83.1 Å². The summed E-state index contributed by atoms with van der Waals surface area (Å²) in [6.07, 6.45) is 3.29. The highest BCUT2D eigenvalue weighted by atomic mass is 32.2. The number of sulfonamides is 1. The Balaban J connectivity index is 1.78. The summed E-state index contributed by atoms with van der Waals surface area (Å²) in [6, 6.07) is 16.4. The molecule has 0 saturated heterocycles. The maximum Gasteiger partial charge on any atom is 0.252 e. The molecule has 2 aromatic heterocycles. The average molecular weight is 490 g/mol. The number of H-pyrrole nitrogens is 1. The molecule has 0 radical (unpaired) electrons. The van der Waals surface area contributed by atoms with E-state index in [1.54, 1.807) is 36.7 Å². The zero-order valence-corrected chi connectivity index (χ0v) is 21.6. The molecule has 0 aliphatic carbocycles. The minimum Gasteiger partial charge on any atom is -0.322 e. The van der Waals surface area contributed by atoms with Crippen molar-refractivity contribution in [3.63, 3.8) is 0 Å². The summed E-state index contributed by atoms with van der Waals surface area (Å²) in [5, 5.41) is 0.901. The van der Waals surface area contributed by atoms with E-state index in [2.05, 4.69) is 30.7 Å². The first kappa shape index (κ1) is 24.8. The first-order chi connectivity index (χ1) is 16.4. The highest BCUT2D eigenvalue weighted by molar-refractivity contribution is 7.89. The molecule has 0 bridgehead atoms. The van der Waals surface area contributed by atoms with Crippen LogP contribution in [0.5, 0.6) is 0 Å². The second-order valence-electron chi connectivity index (χ2n) is 10.1. The lowest BCUT2D eigenvalue weighted by atomic mass is 9.87. The van der Waals surface area contributed by atoms with Crippen molar-refractivity contribution >= 4 is 20.9 Å². The van der Waals surface area contributed by atoms with Gasteiger partial charge in [0.05, 0.1) is 4.90 Å². The van der Waals surface area contributed by atoms with Gasteiger partial charge in [0.2, 0.25) is 10.0 Å². The van der Waals surface area contributed by atoms with E-state index in [1.807, 2.05) is 44.2 Å². The lowest BCUT2D eigenvalue weighted by Gasteiger charge is -2.24. The van der Waals surface area contributed by atoms with E-state index in [0.717, 1.165) is 33.2 Å². The molecule has 2 heterocycles. The van der Waals surface area contributed by atoms with Crippen LogP contribution in [0.15, 0.2) is 76.7 Å². The molecule has 2 aromatic carbocycles. The van der Waals surface area contributed by atoms with Crippen molar-refractivity contribution in [3.8, 4) is 0 Å². The van der Waals surface area contributed by atoms with Gasteiger partial charge in [-0.1, -0.05) is 45.0 Å². The predicted octanol–water partition coefficient (Wildman–Crippen LogP) is 5.23. The Bertz CT molecular complexity index is 1520. The van der Waals surface area contributed by atoms with E-state index in [0.29, 0.717) is 5.56 Å². The van der Waals surface area contributed by atoms with Crippen LogP contribution in [0.4, 0.5) is 0 Å². The Labute approximate surface area is 206 Å². The monoisotopic (exact) mass is 489 g/mol. The SMILES string of the molecule is Cc1cc(C)c2cc(CN(Cc3cccnc3)S(=O)(=O)c3ccc(C(C)(C)C)cc3)c(=O)[nH]c2c1. The van der Waals surface area contributed by atoms with Gasteiger partial charge in [0.15, 0.2) is 0 Å². The first-order valence-corrected chi connectivity index (χ1v) is 13.0. The van der Waals surface area contributed by atoms with Crippen LogP contribution in [-0.4, -0.2) is 22.7 Å². The van der Waals surface area contributed by atoms with Crippen molar-refractivity contribution in [2.24, 2.45) is 0 Å².